The fourth-order valence-corrected chi connectivity index (χ4v) is 3.22. The molecule has 0 saturated carbocycles. The van der Waals surface area contributed by atoms with Gasteiger partial charge in [-0.3, -0.25) is 14.3 Å². The number of rotatable bonds is 5. The summed E-state index contributed by atoms with van der Waals surface area (Å²) in [4.78, 5) is 31.6. The topological polar surface area (TPSA) is 73.7 Å². The number of carbonyl (C=O) groups excluding carboxylic acids is 1. The Balaban J connectivity index is 1.99. The fraction of sp³-hybridized carbons (Fsp3) is 0.471. The van der Waals surface area contributed by atoms with Crippen LogP contribution in [0.5, 0.6) is 0 Å². The van der Waals surface area contributed by atoms with Crippen molar-refractivity contribution >= 4 is 32.9 Å². The summed E-state index contributed by atoms with van der Waals surface area (Å²) >= 11 is 3.38. The van der Waals surface area contributed by atoms with Crippen LogP contribution in [0.1, 0.15) is 17.3 Å². The van der Waals surface area contributed by atoms with Gasteiger partial charge in [0.15, 0.2) is 0 Å². The normalized spacial score (nSPS) is 15.4. The van der Waals surface area contributed by atoms with Gasteiger partial charge in [-0.05, 0) is 35.0 Å². The van der Waals surface area contributed by atoms with E-state index in [1.54, 1.807) is 23.8 Å². The quantitative estimate of drug-likeness (QED) is 0.699. The molecule has 0 bridgehead atoms. The zero-order chi connectivity index (χ0) is 17.8. The number of fused-ring (bicyclic) bond motifs is 1. The van der Waals surface area contributed by atoms with Gasteiger partial charge in [-0.1, -0.05) is 0 Å². The molecule has 0 aromatic carbocycles. The van der Waals surface area contributed by atoms with Gasteiger partial charge < -0.3 is 9.47 Å². The number of aromatic nitrogens is 2. The number of nitrogens with zero attached hydrogens (tertiary/aromatic N) is 3. The summed E-state index contributed by atoms with van der Waals surface area (Å²) in [7, 11) is 0. The second kappa shape index (κ2) is 8.07. The van der Waals surface area contributed by atoms with E-state index in [2.05, 4.69) is 25.8 Å². The first-order valence-electron chi connectivity index (χ1n) is 8.26. The SMILES string of the molecule is CCOC(=O)c1cc2cc(Br)cnc2n(CCN2CCOCC2)c1=O. The van der Waals surface area contributed by atoms with Crippen molar-refractivity contribution in [3.05, 3.63) is 38.7 Å². The van der Waals surface area contributed by atoms with E-state index >= 15 is 0 Å². The van der Waals surface area contributed by atoms with Crippen LogP contribution in [0, 0.1) is 0 Å². The number of esters is 1. The van der Waals surface area contributed by atoms with Gasteiger partial charge in [0.1, 0.15) is 11.2 Å². The number of pyridine rings is 2. The van der Waals surface area contributed by atoms with E-state index in [1.165, 1.54) is 0 Å². The molecule has 7 nitrogen and oxygen atoms in total. The monoisotopic (exact) mass is 409 g/mol. The van der Waals surface area contributed by atoms with Gasteiger partial charge in [-0.25, -0.2) is 9.78 Å². The van der Waals surface area contributed by atoms with Crippen molar-refractivity contribution in [3.8, 4) is 0 Å². The largest absolute Gasteiger partial charge is 0.462 e. The van der Waals surface area contributed by atoms with Gasteiger partial charge in [0.25, 0.3) is 5.56 Å². The number of hydrogen-bond acceptors (Lipinski definition) is 6. The molecule has 0 amide bonds. The number of halogens is 1. The Labute approximate surface area is 153 Å². The van der Waals surface area contributed by atoms with E-state index in [-0.39, 0.29) is 17.7 Å². The Kier molecular flexibility index (Phi) is 5.82. The molecule has 1 saturated heterocycles. The summed E-state index contributed by atoms with van der Waals surface area (Å²) in [5.74, 6) is -0.602. The Morgan fingerprint density at radius 2 is 2.08 bits per heavy atom. The second-order valence-electron chi connectivity index (χ2n) is 5.76. The second-order valence-corrected chi connectivity index (χ2v) is 6.67. The first-order valence-corrected chi connectivity index (χ1v) is 9.05. The molecule has 1 aliphatic heterocycles. The summed E-state index contributed by atoms with van der Waals surface area (Å²) < 4.78 is 12.7. The minimum absolute atomic E-state index is 0.0382. The molecule has 0 spiro atoms. The first kappa shape index (κ1) is 18.0. The summed E-state index contributed by atoms with van der Waals surface area (Å²) in [5.41, 5.74) is 0.236. The molecule has 25 heavy (non-hydrogen) atoms. The smallest absolute Gasteiger partial charge is 0.343 e. The van der Waals surface area contributed by atoms with E-state index in [1.807, 2.05) is 6.07 Å². The number of hydrogen-bond donors (Lipinski definition) is 0. The van der Waals surface area contributed by atoms with Crippen LogP contribution in [0.15, 0.2) is 27.6 Å². The van der Waals surface area contributed by atoms with Crippen molar-refractivity contribution in [1.29, 1.82) is 0 Å². The molecule has 134 valence electrons. The van der Waals surface area contributed by atoms with Crippen molar-refractivity contribution in [2.45, 2.75) is 13.5 Å². The van der Waals surface area contributed by atoms with Crippen molar-refractivity contribution in [2.24, 2.45) is 0 Å². The lowest BCUT2D eigenvalue weighted by Gasteiger charge is -2.26. The van der Waals surface area contributed by atoms with Gasteiger partial charge in [0, 0.05) is 42.2 Å². The van der Waals surface area contributed by atoms with E-state index in [4.69, 9.17) is 9.47 Å². The van der Waals surface area contributed by atoms with E-state index in [9.17, 15) is 9.59 Å². The average molecular weight is 410 g/mol. The van der Waals surface area contributed by atoms with Crippen LogP contribution in [-0.2, 0) is 16.0 Å². The maximum Gasteiger partial charge on any atom is 0.343 e. The molecule has 0 atom stereocenters. The molecule has 0 radical (unpaired) electrons. The average Bonchev–Trinajstić information content (AvgIpc) is 2.61. The summed E-state index contributed by atoms with van der Waals surface area (Å²) in [5, 5.41) is 0.721. The third-order valence-corrected chi connectivity index (χ3v) is 4.57. The Morgan fingerprint density at radius 3 is 2.80 bits per heavy atom. The van der Waals surface area contributed by atoms with E-state index < -0.39 is 5.97 Å². The van der Waals surface area contributed by atoms with Crippen LogP contribution in [0.2, 0.25) is 0 Å². The lowest BCUT2D eigenvalue weighted by Crippen LogP contribution is -2.40. The molecular formula is C17H20BrN3O4. The molecule has 1 aliphatic rings. The van der Waals surface area contributed by atoms with Gasteiger partial charge in [-0.15, -0.1) is 0 Å². The lowest BCUT2D eigenvalue weighted by atomic mass is 10.2. The molecular weight excluding hydrogens is 390 g/mol. The van der Waals surface area contributed by atoms with Gasteiger partial charge in [0.05, 0.1) is 19.8 Å². The number of carbonyl (C=O) groups is 1. The molecule has 0 unspecified atom stereocenters. The fourth-order valence-electron chi connectivity index (χ4n) is 2.87. The van der Waals surface area contributed by atoms with Crippen LogP contribution < -0.4 is 5.56 Å². The van der Waals surface area contributed by atoms with E-state index in [0.29, 0.717) is 32.0 Å². The molecule has 1 fully saturated rings. The Hall–Kier alpha value is -1.77. The van der Waals surface area contributed by atoms with Crippen molar-refractivity contribution in [3.63, 3.8) is 0 Å². The molecule has 8 heteroatoms. The molecule has 2 aromatic rings. The molecule has 0 aliphatic carbocycles. The predicted molar refractivity (Wildman–Crippen MR) is 96.9 cm³/mol. The summed E-state index contributed by atoms with van der Waals surface area (Å²) in [6.45, 7) is 6.16. The molecule has 3 heterocycles. The highest BCUT2D eigenvalue weighted by molar-refractivity contribution is 9.10. The summed E-state index contributed by atoms with van der Waals surface area (Å²) in [6.07, 6.45) is 1.65. The first-order chi connectivity index (χ1) is 12.1. The predicted octanol–water partition coefficient (Wildman–Crippen LogP) is 1.67. The third kappa shape index (κ3) is 4.08. The maximum atomic E-state index is 12.8. The van der Waals surface area contributed by atoms with Crippen LogP contribution >= 0.6 is 15.9 Å². The van der Waals surface area contributed by atoms with Crippen LogP contribution in [-0.4, -0.2) is 59.9 Å². The highest BCUT2D eigenvalue weighted by Crippen LogP contribution is 2.17. The van der Waals surface area contributed by atoms with Gasteiger partial charge in [0.2, 0.25) is 0 Å². The lowest BCUT2D eigenvalue weighted by molar-refractivity contribution is 0.0364. The molecule has 3 rings (SSSR count). The van der Waals surface area contributed by atoms with Crippen LogP contribution in [0.4, 0.5) is 0 Å². The third-order valence-electron chi connectivity index (χ3n) is 4.13. The van der Waals surface area contributed by atoms with Crippen molar-refractivity contribution in [1.82, 2.24) is 14.5 Å². The van der Waals surface area contributed by atoms with Crippen molar-refractivity contribution in [2.75, 3.05) is 39.5 Å². The summed E-state index contributed by atoms with van der Waals surface area (Å²) in [6, 6.07) is 3.40. The number of ether oxygens (including phenoxy) is 2. The molecule has 2 aromatic heterocycles. The highest BCUT2D eigenvalue weighted by atomic mass is 79.9. The van der Waals surface area contributed by atoms with Gasteiger partial charge in [-0.2, -0.15) is 0 Å². The van der Waals surface area contributed by atoms with Crippen molar-refractivity contribution < 1.29 is 14.3 Å². The molecule has 0 N–H and O–H groups in total. The zero-order valence-corrected chi connectivity index (χ0v) is 15.6. The van der Waals surface area contributed by atoms with Gasteiger partial charge >= 0.3 is 5.97 Å². The number of morpholine rings is 1. The Morgan fingerprint density at radius 1 is 1.32 bits per heavy atom. The maximum absolute atomic E-state index is 12.8. The zero-order valence-electron chi connectivity index (χ0n) is 14.0. The van der Waals surface area contributed by atoms with E-state index in [0.717, 1.165) is 22.9 Å². The van der Waals surface area contributed by atoms with Crippen LogP contribution in [0.25, 0.3) is 11.0 Å². The highest BCUT2D eigenvalue weighted by Gasteiger charge is 2.18. The Bertz CT molecular complexity index is 830. The minimum Gasteiger partial charge on any atom is -0.462 e. The minimum atomic E-state index is -0.602. The van der Waals surface area contributed by atoms with Crippen LogP contribution in [0.3, 0.4) is 0 Å². The standard InChI is InChI=1S/C17H20BrN3O4/c1-2-25-17(23)14-10-12-9-13(18)11-19-15(12)21(16(14)22)4-3-20-5-7-24-8-6-20/h9-11H,2-8H2,1H3.